The Morgan fingerprint density at radius 3 is 0.750 bits per heavy atom. The lowest BCUT2D eigenvalue weighted by Gasteiger charge is -2.38. The van der Waals surface area contributed by atoms with Crippen molar-refractivity contribution >= 4 is 12.1 Å². The van der Waals surface area contributed by atoms with Crippen LogP contribution in [0.2, 0.25) is 0 Å². The molecule has 3 heterocycles. The molecule has 3 saturated heterocycles. The van der Waals surface area contributed by atoms with Crippen LogP contribution < -0.4 is 0 Å². The minimum atomic E-state index is -2.92. The van der Waals surface area contributed by atoms with Gasteiger partial charge in [0.25, 0.3) is 24.7 Å². The van der Waals surface area contributed by atoms with Crippen molar-refractivity contribution < 1.29 is 39.8 Å². The van der Waals surface area contributed by atoms with Gasteiger partial charge in [-0.3, -0.25) is 0 Å². The number of nitro groups is 6. The fourth-order valence-corrected chi connectivity index (χ4v) is 3.53. The number of hydrazine groups is 6. The molecular weight excluding hydrogens is 464 g/mol. The number of piperazine rings is 1. The topological polar surface area (TPSA) is 312 Å². The number of fused-ring (bicyclic) bond motifs is 2. The average Bonchev–Trinajstić information content (AvgIpc) is 3.09. The number of urea groups is 2. The normalized spacial score (nSPS) is 26.8. The SMILES string of the molecule is O=C1N([N+](=O)[O-])C2C(N1[N+](=O)[O-])N([N+](=O)[O-])C1C(N([N+](=O)[O-])C(=O)N1[N+](=O)[O-])N2[N+](=O)[O-]. The van der Waals surface area contributed by atoms with E-state index >= 15 is 0 Å². The molecule has 0 spiro atoms. The molecule has 3 aliphatic heterocycles. The number of nitrogens with zero attached hydrogens (tertiary/aromatic N) is 12. The van der Waals surface area contributed by atoms with Crippen LogP contribution in [-0.4, -0.2) is 97.0 Å². The first-order valence-electron chi connectivity index (χ1n) is 7.43. The maximum atomic E-state index is 12.2. The van der Waals surface area contributed by atoms with E-state index in [0.29, 0.717) is 0 Å². The molecule has 3 rings (SSSR count). The standard InChI is InChI=1S/C6H4N12O14/c19-5-9(15(25)26)1-2(10(5)16(27)28)8(14(23)24)4-3(7(1)13(21)22)11(17(29)30)6(20)12(4)18(31)32/h1-4H. The molecular formula is C6H4N12O14. The van der Waals surface area contributed by atoms with Crippen LogP contribution in [-0.2, 0) is 0 Å². The molecule has 32 heavy (non-hydrogen) atoms. The van der Waals surface area contributed by atoms with Gasteiger partial charge in [0, 0.05) is 20.0 Å². The van der Waals surface area contributed by atoms with Gasteiger partial charge >= 0.3 is 12.1 Å². The number of hydrogen-bond acceptors (Lipinski definition) is 14. The fourth-order valence-electron chi connectivity index (χ4n) is 3.53. The third-order valence-electron chi connectivity index (χ3n) is 4.48. The summed E-state index contributed by atoms with van der Waals surface area (Å²) in [7, 11) is 0. The molecule has 0 bridgehead atoms. The highest BCUT2D eigenvalue weighted by Gasteiger charge is 2.83. The van der Waals surface area contributed by atoms with Gasteiger partial charge in [0.2, 0.25) is 0 Å². The highest BCUT2D eigenvalue weighted by atomic mass is 16.7. The molecule has 0 aromatic carbocycles. The molecule has 0 N–H and O–H groups in total. The van der Waals surface area contributed by atoms with E-state index in [9.17, 15) is 70.3 Å². The summed E-state index contributed by atoms with van der Waals surface area (Å²) in [4.78, 5) is 93.0. The van der Waals surface area contributed by atoms with Gasteiger partial charge in [-0.15, -0.1) is 0 Å². The molecule has 4 atom stereocenters. The zero-order chi connectivity index (χ0) is 24.4. The Labute approximate surface area is 168 Å². The zero-order valence-corrected chi connectivity index (χ0v) is 14.4. The van der Waals surface area contributed by atoms with E-state index in [4.69, 9.17) is 0 Å². The highest BCUT2D eigenvalue weighted by molar-refractivity contribution is 5.77. The highest BCUT2D eigenvalue weighted by Crippen LogP contribution is 2.41. The van der Waals surface area contributed by atoms with Crippen molar-refractivity contribution in [3.8, 4) is 0 Å². The third-order valence-corrected chi connectivity index (χ3v) is 4.48. The van der Waals surface area contributed by atoms with Crippen LogP contribution in [0.4, 0.5) is 9.59 Å². The van der Waals surface area contributed by atoms with Gasteiger partial charge in [0.1, 0.15) is 0 Å². The van der Waals surface area contributed by atoms with E-state index in [1.54, 1.807) is 0 Å². The first-order chi connectivity index (χ1) is 14.7. The van der Waals surface area contributed by atoms with Gasteiger partial charge in [-0.1, -0.05) is 10.0 Å². The maximum Gasteiger partial charge on any atom is 0.440 e. The number of rotatable bonds is 6. The summed E-state index contributed by atoms with van der Waals surface area (Å²) >= 11 is 0. The Bertz CT molecular complexity index is 859. The van der Waals surface area contributed by atoms with E-state index < -0.39 is 97.0 Å². The predicted octanol–water partition coefficient (Wildman–Crippen LogP) is -3.47. The van der Waals surface area contributed by atoms with Gasteiger partial charge < -0.3 is 0 Å². The van der Waals surface area contributed by atoms with Crippen molar-refractivity contribution in [2.45, 2.75) is 24.7 Å². The van der Waals surface area contributed by atoms with Crippen LogP contribution in [0.5, 0.6) is 0 Å². The van der Waals surface area contributed by atoms with Crippen LogP contribution in [0, 0.1) is 60.7 Å². The number of carbonyl (C=O) groups excluding carboxylic acids is 2. The molecule has 0 aromatic rings. The lowest BCUT2D eigenvalue weighted by molar-refractivity contribution is -0.792. The molecule has 4 unspecified atom stereocenters. The first kappa shape index (κ1) is 21.3. The van der Waals surface area contributed by atoms with Gasteiger partial charge in [-0.05, 0) is 0 Å². The third kappa shape index (κ3) is 2.45. The molecule has 26 nitrogen and oxygen atoms in total. The van der Waals surface area contributed by atoms with Crippen LogP contribution in [0.25, 0.3) is 0 Å². The van der Waals surface area contributed by atoms with Gasteiger partial charge in [-0.2, -0.15) is 0 Å². The Hall–Kier alpha value is -5.46. The van der Waals surface area contributed by atoms with Crippen molar-refractivity contribution in [1.29, 1.82) is 0 Å². The van der Waals surface area contributed by atoms with Crippen LogP contribution in [0.15, 0.2) is 0 Å². The Kier molecular flexibility index (Phi) is 4.34. The molecule has 0 radical (unpaired) electrons. The second-order valence-electron chi connectivity index (χ2n) is 5.78. The Morgan fingerprint density at radius 1 is 0.438 bits per heavy atom. The van der Waals surface area contributed by atoms with E-state index in [1.165, 1.54) is 0 Å². The van der Waals surface area contributed by atoms with Gasteiger partial charge in [-0.25, -0.2) is 70.3 Å². The van der Waals surface area contributed by atoms with Crippen molar-refractivity contribution in [1.82, 2.24) is 30.1 Å². The van der Waals surface area contributed by atoms with Crippen molar-refractivity contribution in [3.63, 3.8) is 0 Å². The average molecular weight is 468 g/mol. The lowest BCUT2D eigenvalue weighted by atomic mass is 10.2. The molecule has 0 aliphatic carbocycles. The number of hydrogen-bond donors (Lipinski definition) is 0. The number of amides is 4. The minimum absolute atomic E-state index is 0.621. The second kappa shape index (κ2) is 6.53. The molecule has 0 saturated carbocycles. The number of carbonyl (C=O) groups is 2. The van der Waals surface area contributed by atoms with Crippen LogP contribution in [0.3, 0.4) is 0 Å². The molecule has 0 aromatic heterocycles. The largest absolute Gasteiger partial charge is 0.440 e. The van der Waals surface area contributed by atoms with E-state index in [2.05, 4.69) is 0 Å². The van der Waals surface area contributed by atoms with Crippen molar-refractivity contribution in [2.75, 3.05) is 0 Å². The summed E-state index contributed by atoms with van der Waals surface area (Å²) in [5, 5.41) is 53.8. The predicted molar refractivity (Wildman–Crippen MR) is 78.9 cm³/mol. The first-order valence-corrected chi connectivity index (χ1v) is 7.43. The maximum absolute atomic E-state index is 12.2. The lowest BCUT2D eigenvalue weighted by Crippen LogP contribution is -2.77. The van der Waals surface area contributed by atoms with Crippen LogP contribution >= 0.6 is 0 Å². The van der Waals surface area contributed by atoms with Crippen molar-refractivity contribution in [2.24, 2.45) is 0 Å². The molecule has 3 fully saturated rings. The Balaban J connectivity index is 2.38. The van der Waals surface area contributed by atoms with E-state index in [1.807, 2.05) is 0 Å². The Morgan fingerprint density at radius 2 is 0.625 bits per heavy atom. The summed E-state index contributed by atoms with van der Waals surface area (Å²) in [6, 6.07) is -4.50. The smallest absolute Gasteiger partial charge is 0.236 e. The summed E-state index contributed by atoms with van der Waals surface area (Å²) in [5.41, 5.74) is 0. The molecule has 172 valence electrons. The summed E-state index contributed by atoms with van der Waals surface area (Å²) in [5.74, 6) is 0. The summed E-state index contributed by atoms with van der Waals surface area (Å²) < 4.78 is 0. The zero-order valence-electron chi connectivity index (χ0n) is 14.4. The van der Waals surface area contributed by atoms with Crippen LogP contribution in [0.1, 0.15) is 0 Å². The monoisotopic (exact) mass is 468 g/mol. The van der Waals surface area contributed by atoms with Gasteiger partial charge in [0.15, 0.2) is 30.2 Å². The van der Waals surface area contributed by atoms with E-state index in [0.717, 1.165) is 0 Å². The van der Waals surface area contributed by atoms with Gasteiger partial charge in [0.05, 0.1) is 0 Å². The summed E-state index contributed by atoms with van der Waals surface area (Å²) in [6.45, 7) is 0. The van der Waals surface area contributed by atoms with E-state index in [-0.39, 0.29) is 0 Å². The summed E-state index contributed by atoms with van der Waals surface area (Å²) in [6.07, 6.45) is -11.7. The molecule has 4 amide bonds. The second-order valence-corrected chi connectivity index (χ2v) is 5.78. The fraction of sp³-hybridized carbons (Fsp3) is 0.667. The molecule has 26 heteroatoms. The molecule has 3 aliphatic rings. The minimum Gasteiger partial charge on any atom is -0.236 e. The quantitative estimate of drug-likeness (QED) is 0.270. The van der Waals surface area contributed by atoms with Crippen molar-refractivity contribution in [3.05, 3.63) is 60.7 Å².